The Morgan fingerprint density at radius 3 is 2.75 bits per heavy atom. The molecule has 0 aliphatic carbocycles. The Kier molecular flexibility index (Phi) is 5.82. The maximum Gasteiger partial charge on any atom is 0.141 e. The lowest BCUT2D eigenvalue weighted by atomic mass is 9.99. The number of hydrogen-bond acceptors (Lipinski definition) is 2. The topological polar surface area (TPSA) is 15.3 Å². The van der Waals surface area contributed by atoms with E-state index in [2.05, 4.69) is 24.1 Å². The smallest absolute Gasteiger partial charge is 0.141 e. The normalized spacial score (nSPS) is 19.2. The SMILES string of the molecule is CC1CCN(CCNC(C)c2ccc(F)c(Cl)c2)CC1. The van der Waals surface area contributed by atoms with Gasteiger partial charge in [-0.1, -0.05) is 24.6 Å². The van der Waals surface area contributed by atoms with Crippen LogP contribution in [0.1, 0.15) is 38.3 Å². The van der Waals surface area contributed by atoms with Crippen LogP contribution < -0.4 is 5.32 Å². The zero-order valence-corrected chi connectivity index (χ0v) is 13.1. The lowest BCUT2D eigenvalue weighted by Crippen LogP contribution is -2.38. The van der Waals surface area contributed by atoms with Crippen LogP contribution in [-0.2, 0) is 0 Å². The van der Waals surface area contributed by atoms with Gasteiger partial charge in [0.05, 0.1) is 5.02 Å². The third-order valence-corrected chi connectivity index (χ3v) is 4.49. The van der Waals surface area contributed by atoms with E-state index in [1.165, 1.54) is 32.0 Å². The van der Waals surface area contributed by atoms with Gasteiger partial charge in [0.15, 0.2) is 0 Å². The first-order valence-electron chi connectivity index (χ1n) is 7.47. The molecule has 0 saturated carbocycles. The number of halogens is 2. The van der Waals surface area contributed by atoms with Gasteiger partial charge < -0.3 is 10.2 Å². The van der Waals surface area contributed by atoms with Crippen molar-refractivity contribution < 1.29 is 4.39 Å². The summed E-state index contributed by atoms with van der Waals surface area (Å²) in [5.74, 6) is 0.518. The zero-order chi connectivity index (χ0) is 14.5. The third-order valence-electron chi connectivity index (χ3n) is 4.20. The predicted molar refractivity (Wildman–Crippen MR) is 82.7 cm³/mol. The van der Waals surface area contributed by atoms with Gasteiger partial charge in [0, 0.05) is 19.1 Å². The summed E-state index contributed by atoms with van der Waals surface area (Å²) in [6.07, 6.45) is 2.62. The highest BCUT2D eigenvalue weighted by Gasteiger charge is 2.15. The number of likely N-dealkylation sites (tertiary alicyclic amines) is 1. The minimum absolute atomic E-state index is 0.191. The molecule has 1 aromatic rings. The molecule has 2 rings (SSSR count). The molecule has 1 unspecified atom stereocenters. The van der Waals surface area contributed by atoms with E-state index in [-0.39, 0.29) is 16.9 Å². The zero-order valence-electron chi connectivity index (χ0n) is 12.3. The third kappa shape index (κ3) is 4.44. The van der Waals surface area contributed by atoms with E-state index < -0.39 is 0 Å². The highest BCUT2D eigenvalue weighted by molar-refractivity contribution is 6.30. The molecule has 0 bridgehead atoms. The van der Waals surface area contributed by atoms with Gasteiger partial charge in [0.1, 0.15) is 5.82 Å². The molecule has 1 atom stereocenters. The first-order chi connectivity index (χ1) is 9.56. The largest absolute Gasteiger partial charge is 0.309 e. The van der Waals surface area contributed by atoms with Crippen LogP contribution in [0, 0.1) is 11.7 Å². The van der Waals surface area contributed by atoms with Crippen LogP contribution in [0.2, 0.25) is 5.02 Å². The molecular weight excluding hydrogens is 275 g/mol. The van der Waals surface area contributed by atoms with E-state index in [0.717, 1.165) is 24.6 Å². The van der Waals surface area contributed by atoms with E-state index in [1.54, 1.807) is 12.1 Å². The molecule has 1 N–H and O–H groups in total. The minimum atomic E-state index is -0.356. The van der Waals surface area contributed by atoms with Crippen molar-refractivity contribution >= 4 is 11.6 Å². The second kappa shape index (κ2) is 7.39. The number of rotatable bonds is 5. The van der Waals surface area contributed by atoms with Crippen molar-refractivity contribution in [2.75, 3.05) is 26.2 Å². The van der Waals surface area contributed by atoms with Gasteiger partial charge in [-0.3, -0.25) is 0 Å². The van der Waals surface area contributed by atoms with E-state index in [1.807, 2.05) is 0 Å². The number of benzene rings is 1. The summed E-state index contributed by atoms with van der Waals surface area (Å²) >= 11 is 5.82. The van der Waals surface area contributed by atoms with Crippen molar-refractivity contribution in [1.82, 2.24) is 10.2 Å². The Morgan fingerprint density at radius 2 is 2.10 bits per heavy atom. The molecule has 1 aliphatic heterocycles. The quantitative estimate of drug-likeness (QED) is 0.888. The predicted octanol–water partition coefficient (Wildman–Crippen LogP) is 3.86. The van der Waals surface area contributed by atoms with Crippen molar-refractivity contribution in [2.24, 2.45) is 5.92 Å². The molecule has 1 saturated heterocycles. The van der Waals surface area contributed by atoms with Crippen molar-refractivity contribution in [3.63, 3.8) is 0 Å². The van der Waals surface area contributed by atoms with Crippen LogP contribution >= 0.6 is 11.6 Å². The fourth-order valence-electron chi connectivity index (χ4n) is 2.62. The molecule has 2 nitrogen and oxygen atoms in total. The highest BCUT2D eigenvalue weighted by Crippen LogP contribution is 2.20. The number of nitrogens with zero attached hydrogens (tertiary/aromatic N) is 1. The molecule has 1 aliphatic rings. The average Bonchev–Trinajstić information content (AvgIpc) is 2.44. The lowest BCUT2D eigenvalue weighted by molar-refractivity contribution is 0.191. The Labute approximate surface area is 126 Å². The summed E-state index contributed by atoms with van der Waals surface area (Å²) in [5, 5.41) is 3.68. The number of hydrogen-bond donors (Lipinski definition) is 1. The average molecular weight is 299 g/mol. The van der Waals surface area contributed by atoms with Crippen LogP contribution in [-0.4, -0.2) is 31.1 Å². The maximum absolute atomic E-state index is 13.1. The standard InChI is InChI=1S/C16H24ClFN2/c1-12-5-8-20(9-6-12)10-7-19-13(2)14-3-4-16(18)15(17)11-14/h3-4,11-13,19H,5-10H2,1-2H3. The minimum Gasteiger partial charge on any atom is -0.309 e. The first-order valence-corrected chi connectivity index (χ1v) is 7.84. The fourth-order valence-corrected chi connectivity index (χ4v) is 2.81. The summed E-state index contributed by atoms with van der Waals surface area (Å²) in [6, 6.07) is 5.12. The number of piperidine rings is 1. The van der Waals surface area contributed by atoms with Gasteiger partial charge in [-0.25, -0.2) is 4.39 Å². The molecule has 4 heteroatoms. The van der Waals surface area contributed by atoms with Gasteiger partial charge in [0.25, 0.3) is 0 Å². The van der Waals surface area contributed by atoms with Crippen LogP contribution in [0.5, 0.6) is 0 Å². The molecule has 0 amide bonds. The molecule has 0 radical (unpaired) electrons. The van der Waals surface area contributed by atoms with Crippen molar-refractivity contribution in [3.05, 3.63) is 34.6 Å². The van der Waals surface area contributed by atoms with Gasteiger partial charge in [-0.2, -0.15) is 0 Å². The van der Waals surface area contributed by atoms with E-state index in [0.29, 0.717) is 0 Å². The number of nitrogens with one attached hydrogen (secondary N) is 1. The van der Waals surface area contributed by atoms with E-state index >= 15 is 0 Å². The van der Waals surface area contributed by atoms with Crippen LogP contribution in [0.25, 0.3) is 0 Å². The first kappa shape index (κ1) is 15.7. The van der Waals surface area contributed by atoms with Crippen molar-refractivity contribution in [3.8, 4) is 0 Å². The molecule has 112 valence electrons. The van der Waals surface area contributed by atoms with Gasteiger partial charge in [-0.05, 0) is 56.5 Å². The monoisotopic (exact) mass is 298 g/mol. The molecule has 0 spiro atoms. The maximum atomic E-state index is 13.1. The second-order valence-electron chi connectivity index (χ2n) is 5.87. The summed E-state index contributed by atoms with van der Waals surface area (Å²) < 4.78 is 13.1. The molecule has 1 aromatic carbocycles. The molecule has 0 aromatic heterocycles. The second-order valence-corrected chi connectivity index (χ2v) is 6.28. The Balaban J connectivity index is 1.74. The van der Waals surface area contributed by atoms with Gasteiger partial charge >= 0.3 is 0 Å². The van der Waals surface area contributed by atoms with Crippen LogP contribution in [0.15, 0.2) is 18.2 Å². The van der Waals surface area contributed by atoms with Gasteiger partial charge in [0.2, 0.25) is 0 Å². The van der Waals surface area contributed by atoms with E-state index in [4.69, 9.17) is 11.6 Å². The summed E-state index contributed by atoms with van der Waals surface area (Å²) in [6.45, 7) is 8.85. The fraction of sp³-hybridized carbons (Fsp3) is 0.625. The van der Waals surface area contributed by atoms with Crippen LogP contribution in [0.3, 0.4) is 0 Å². The molecular formula is C16H24ClFN2. The van der Waals surface area contributed by atoms with Crippen molar-refractivity contribution in [2.45, 2.75) is 32.7 Å². The van der Waals surface area contributed by atoms with E-state index in [9.17, 15) is 4.39 Å². The molecule has 1 fully saturated rings. The summed E-state index contributed by atoms with van der Waals surface area (Å²) in [5.41, 5.74) is 1.03. The molecule has 1 heterocycles. The Bertz CT molecular complexity index is 430. The summed E-state index contributed by atoms with van der Waals surface area (Å²) in [7, 11) is 0. The van der Waals surface area contributed by atoms with Gasteiger partial charge in [-0.15, -0.1) is 0 Å². The summed E-state index contributed by atoms with van der Waals surface area (Å²) in [4.78, 5) is 2.51. The lowest BCUT2D eigenvalue weighted by Gasteiger charge is -2.30. The molecule has 20 heavy (non-hydrogen) atoms. The van der Waals surface area contributed by atoms with Crippen LogP contribution in [0.4, 0.5) is 4.39 Å². The Morgan fingerprint density at radius 1 is 1.40 bits per heavy atom. The highest BCUT2D eigenvalue weighted by atomic mass is 35.5. The Hall–Kier alpha value is -0.640. The van der Waals surface area contributed by atoms with Crippen molar-refractivity contribution in [1.29, 1.82) is 0 Å².